The molecule has 0 aliphatic rings. The van der Waals surface area contributed by atoms with Crippen LogP contribution in [0.25, 0.3) is 10.2 Å². The van der Waals surface area contributed by atoms with Gasteiger partial charge in [-0.3, -0.25) is 0 Å². The molecule has 0 aliphatic heterocycles. The Morgan fingerprint density at radius 3 is 2.64 bits per heavy atom. The molecule has 0 spiro atoms. The van der Waals surface area contributed by atoms with E-state index in [1.165, 1.54) is 11.3 Å². The summed E-state index contributed by atoms with van der Waals surface area (Å²) < 4.78 is 37.4. The minimum absolute atomic E-state index is 0.190. The van der Waals surface area contributed by atoms with E-state index in [1.54, 1.807) is 49.2 Å². The quantitative estimate of drug-likeness (QED) is 0.602. The van der Waals surface area contributed by atoms with Crippen molar-refractivity contribution in [2.24, 2.45) is 4.40 Å². The summed E-state index contributed by atoms with van der Waals surface area (Å²) in [5, 5.41) is 0. The van der Waals surface area contributed by atoms with Gasteiger partial charge in [-0.1, -0.05) is 29.5 Å². The molecular formula is C17H18N2O3S3. The Morgan fingerprint density at radius 1 is 1.20 bits per heavy atom. The van der Waals surface area contributed by atoms with E-state index in [2.05, 4.69) is 10.5 Å². The van der Waals surface area contributed by atoms with Gasteiger partial charge in [-0.15, -0.1) is 16.2 Å². The standard InChI is InChI=1S/C17H18N2O3S3/c1-22-11-10-19-15-9-8-13(23-2)12-16(15)24-17(19)18-25(20,21)14-6-4-3-5-7-14/h3-9,12H,10-11H2,1-2H3/b18-17-. The number of thioether (sulfide) groups is 1. The van der Waals surface area contributed by atoms with Gasteiger partial charge in [-0.2, -0.15) is 8.42 Å². The summed E-state index contributed by atoms with van der Waals surface area (Å²) >= 11 is 3.02. The highest BCUT2D eigenvalue weighted by Gasteiger charge is 2.14. The van der Waals surface area contributed by atoms with Gasteiger partial charge in [0.05, 0.1) is 21.7 Å². The number of benzene rings is 2. The normalized spacial score (nSPS) is 12.8. The van der Waals surface area contributed by atoms with Crippen molar-refractivity contribution in [3.05, 3.63) is 53.3 Å². The van der Waals surface area contributed by atoms with Crippen LogP contribution in [0.1, 0.15) is 0 Å². The van der Waals surface area contributed by atoms with E-state index < -0.39 is 10.0 Å². The molecule has 8 heteroatoms. The number of sulfonamides is 1. The second-order valence-corrected chi connectivity index (χ2v) is 8.73. The SMILES string of the molecule is COCCn1/c(=N/S(=O)(=O)c2ccccc2)sc2cc(SC)ccc21. The number of fused-ring (bicyclic) bond motifs is 1. The fourth-order valence-corrected chi connectivity index (χ4v) is 5.23. The summed E-state index contributed by atoms with van der Waals surface area (Å²) in [6, 6.07) is 14.4. The highest BCUT2D eigenvalue weighted by Crippen LogP contribution is 2.24. The van der Waals surface area contributed by atoms with Gasteiger partial charge in [0.2, 0.25) is 4.80 Å². The van der Waals surface area contributed by atoms with Gasteiger partial charge in [0.1, 0.15) is 0 Å². The van der Waals surface area contributed by atoms with Crippen LogP contribution in [0, 0.1) is 0 Å². The van der Waals surface area contributed by atoms with Gasteiger partial charge in [-0.25, -0.2) is 0 Å². The number of hydrogen-bond donors (Lipinski definition) is 0. The first kappa shape index (κ1) is 18.2. The van der Waals surface area contributed by atoms with Gasteiger partial charge in [0.15, 0.2) is 0 Å². The van der Waals surface area contributed by atoms with Crippen LogP contribution in [0.15, 0.2) is 62.7 Å². The average molecular weight is 395 g/mol. The smallest absolute Gasteiger partial charge is 0.285 e. The number of methoxy groups -OCH3 is 1. The summed E-state index contributed by atoms with van der Waals surface area (Å²) in [5.41, 5.74) is 0.960. The number of thiazole rings is 1. The second-order valence-electron chi connectivity index (χ2n) is 5.24. The van der Waals surface area contributed by atoms with Gasteiger partial charge < -0.3 is 9.30 Å². The third kappa shape index (κ3) is 3.98. The maximum absolute atomic E-state index is 12.6. The zero-order valence-electron chi connectivity index (χ0n) is 13.9. The Kier molecular flexibility index (Phi) is 5.63. The molecule has 0 saturated heterocycles. The molecule has 2 aromatic carbocycles. The van der Waals surface area contributed by atoms with Crippen LogP contribution in [0.4, 0.5) is 0 Å². The second kappa shape index (κ2) is 7.74. The lowest BCUT2D eigenvalue weighted by molar-refractivity contribution is 0.187. The van der Waals surface area contributed by atoms with Crippen LogP contribution in [-0.2, 0) is 21.3 Å². The molecular weight excluding hydrogens is 376 g/mol. The number of rotatable bonds is 6. The monoisotopic (exact) mass is 394 g/mol. The summed E-state index contributed by atoms with van der Waals surface area (Å²) in [6.45, 7) is 1.02. The number of hydrogen-bond acceptors (Lipinski definition) is 5. The van der Waals surface area contributed by atoms with Crippen molar-refractivity contribution in [1.29, 1.82) is 0 Å². The molecule has 25 heavy (non-hydrogen) atoms. The predicted molar refractivity (Wildman–Crippen MR) is 103 cm³/mol. The molecule has 3 rings (SSSR count). The lowest BCUT2D eigenvalue weighted by atomic mass is 10.3. The molecule has 0 bridgehead atoms. The molecule has 5 nitrogen and oxygen atoms in total. The van der Waals surface area contributed by atoms with Crippen LogP contribution >= 0.6 is 23.1 Å². The van der Waals surface area contributed by atoms with Crippen molar-refractivity contribution in [3.8, 4) is 0 Å². The molecule has 0 aliphatic carbocycles. The summed E-state index contributed by atoms with van der Waals surface area (Å²) in [5.74, 6) is 0. The van der Waals surface area contributed by atoms with Gasteiger partial charge in [-0.05, 0) is 36.6 Å². The van der Waals surface area contributed by atoms with Crippen LogP contribution in [0.2, 0.25) is 0 Å². The summed E-state index contributed by atoms with van der Waals surface area (Å²) in [6.07, 6.45) is 2.01. The maximum atomic E-state index is 12.6. The molecule has 0 atom stereocenters. The molecule has 3 aromatic rings. The van der Waals surface area contributed by atoms with Crippen LogP contribution < -0.4 is 4.80 Å². The molecule has 0 saturated carbocycles. The van der Waals surface area contributed by atoms with Gasteiger partial charge in [0.25, 0.3) is 10.0 Å². The molecule has 0 unspecified atom stereocenters. The Hall–Kier alpha value is -1.61. The van der Waals surface area contributed by atoms with Crippen molar-refractivity contribution >= 4 is 43.3 Å². The van der Waals surface area contributed by atoms with E-state index in [0.717, 1.165) is 15.1 Å². The Morgan fingerprint density at radius 2 is 1.96 bits per heavy atom. The minimum Gasteiger partial charge on any atom is -0.383 e. The molecule has 0 N–H and O–H groups in total. The molecule has 0 fully saturated rings. The van der Waals surface area contributed by atoms with Crippen molar-refractivity contribution in [2.75, 3.05) is 20.0 Å². The Labute approximate surface area is 155 Å². The minimum atomic E-state index is -3.76. The highest BCUT2D eigenvalue weighted by molar-refractivity contribution is 7.98. The van der Waals surface area contributed by atoms with E-state index in [-0.39, 0.29) is 4.90 Å². The lowest BCUT2D eigenvalue weighted by Gasteiger charge is -2.05. The first-order chi connectivity index (χ1) is 12.0. The van der Waals surface area contributed by atoms with E-state index >= 15 is 0 Å². The zero-order chi connectivity index (χ0) is 17.9. The number of nitrogens with zero attached hydrogens (tertiary/aromatic N) is 2. The number of aromatic nitrogens is 1. The lowest BCUT2D eigenvalue weighted by Crippen LogP contribution is -2.19. The van der Waals surface area contributed by atoms with E-state index in [0.29, 0.717) is 18.0 Å². The van der Waals surface area contributed by atoms with E-state index in [4.69, 9.17) is 4.74 Å². The van der Waals surface area contributed by atoms with E-state index in [1.807, 2.05) is 23.0 Å². The third-order valence-corrected chi connectivity index (χ3v) is 6.81. The molecule has 1 heterocycles. The number of ether oxygens (including phenoxy) is 1. The zero-order valence-corrected chi connectivity index (χ0v) is 16.3. The van der Waals surface area contributed by atoms with Crippen molar-refractivity contribution < 1.29 is 13.2 Å². The summed E-state index contributed by atoms with van der Waals surface area (Å²) in [7, 11) is -2.13. The predicted octanol–water partition coefficient (Wildman–Crippen LogP) is 3.36. The Balaban J connectivity index is 2.20. The molecule has 132 valence electrons. The van der Waals surface area contributed by atoms with Crippen molar-refractivity contribution in [1.82, 2.24) is 4.57 Å². The largest absolute Gasteiger partial charge is 0.383 e. The third-order valence-electron chi connectivity index (χ3n) is 3.65. The van der Waals surface area contributed by atoms with Crippen LogP contribution in [0.5, 0.6) is 0 Å². The fraction of sp³-hybridized carbons (Fsp3) is 0.235. The first-order valence-electron chi connectivity index (χ1n) is 7.57. The van der Waals surface area contributed by atoms with Gasteiger partial charge >= 0.3 is 0 Å². The maximum Gasteiger partial charge on any atom is 0.285 e. The molecule has 0 amide bonds. The molecule has 1 aromatic heterocycles. The summed E-state index contributed by atoms with van der Waals surface area (Å²) in [4.78, 5) is 1.77. The highest BCUT2D eigenvalue weighted by atomic mass is 32.2. The van der Waals surface area contributed by atoms with Crippen LogP contribution in [-0.4, -0.2) is 33.0 Å². The Bertz CT molecular complexity index is 1040. The van der Waals surface area contributed by atoms with Crippen molar-refractivity contribution in [3.63, 3.8) is 0 Å². The van der Waals surface area contributed by atoms with Crippen molar-refractivity contribution in [2.45, 2.75) is 16.3 Å². The fourth-order valence-electron chi connectivity index (χ4n) is 2.40. The first-order valence-corrected chi connectivity index (χ1v) is 11.1. The van der Waals surface area contributed by atoms with E-state index in [9.17, 15) is 8.42 Å². The van der Waals surface area contributed by atoms with Crippen LogP contribution in [0.3, 0.4) is 0 Å². The average Bonchev–Trinajstić information content (AvgIpc) is 2.96. The molecule has 0 radical (unpaired) electrons. The van der Waals surface area contributed by atoms with Gasteiger partial charge in [0, 0.05) is 18.6 Å². The topological polar surface area (TPSA) is 60.7 Å².